The Labute approximate surface area is 158 Å². The Morgan fingerprint density at radius 3 is 2.60 bits per heavy atom. The lowest BCUT2D eigenvalue weighted by Gasteiger charge is -2.13. The Bertz CT molecular complexity index is 703. The highest BCUT2D eigenvalue weighted by atomic mass is 35.5. The molecule has 0 bridgehead atoms. The molecule has 2 aliphatic rings. The summed E-state index contributed by atoms with van der Waals surface area (Å²) < 4.78 is 0. The number of carbonyl (C=O) groups excluding carboxylic acids is 2. The summed E-state index contributed by atoms with van der Waals surface area (Å²) in [5.74, 6) is -0.648. The van der Waals surface area contributed by atoms with Crippen molar-refractivity contribution in [1.29, 1.82) is 0 Å². The van der Waals surface area contributed by atoms with Crippen LogP contribution in [0, 0.1) is 11.8 Å². The van der Waals surface area contributed by atoms with E-state index >= 15 is 0 Å². The second-order valence-corrected chi connectivity index (χ2v) is 7.53. The van der Waals surface area contributed by atoms with E-state index in [0.29, 0.717) is 28.7 Å². The molecule has 3 rings (SSSR count). The summed E-state index contributed by atoms with van der Waals surface area (Å²) in [6.45, 7) is 0.655. The second kappa shape index (κ2) is 8.24. The van der Waals surface area contributed by atoms with Crippen molar-refractivity contribution < 1.29 is 9.59 Å². The lowest BCUT2D eigenvalue weighted by atomic mass is 9.97. The molecule has 134 valence electrons. The van der Waals surface area contributed by atoms with Gasteiger partial charge >= 0.3 is 0 Å². The van der Waals surface area contributed by atoms with Crippen molar-refractivity contribution in [3.63, 3.8) is 0 Å². The van der Waals surface area contributed by atoms with Crippen molar-refractivity contribution in [2.24, 2.45) is 11.8 Å². The Kier molecular flexibility index (Phi) is 6.02. The SMILES string of the molecule is O=C(NCCC1=CCCCC1)C1CC1C(=O)Nc1ccc(Cl)c(Cl)c1. The monoisotopic (exact) mass is 380 g/mol. The van der Waals surface area contributed by atoms with Crippen LogP contribution in [0.1, 0.15) is 38.5 Å². The number of hydrogen-bond acceptors (Lipinski definition) is 2. The van der Waals surface area contributed by atoms with Gasteiger partial charge in [0, 0.05) is 12.2 Å². The van der Waals surface area contributed by atoms with E-state index in [9.17, 15) is 9.59 Å². The van der Waals surface area contributed by atoms with Crippen molar-refractivity contribution in [3.8, 4) is 0 Å². The van der Waals surface area contributed by atoms with E-state index in [2.05, 4.69) is 16.7 Å². The van der Waals surface area contributed by atoms with Gasteiger partial charge in [0.05, 0.1) is 21.9 Å². The number of rotatable bonds is 6. The first-order valence-electron chi connectivity index (χ1n) is 8.76. The van der Waals surface area contributed by atoms with Gasteiger partial charge in [0.15, 0.2) is 0 Å². The van der Waals surface area contributed by atoms with Gasteiger partial charge in [-0.3, -0.25) is 9.59 Å². The molecule has 1 aromatic carbocycles. The molecule has 2 atom stereocenters. The molecule has 2 aliphatic carbocycles. The molecule has 2 unspecified atom stereocenters. The molecular weight excluding hydrogens is 359 g/mol. The van der Waals surface area contributed by atoms with Gasteiger partial charge in [-0.1, -0.05) is 34.9 Å². The fourth-order valence-electron chi connectivity index (χ4n) is 3.19. The molecule has 2 amide bonds. The summed E-state index contributed by atoms with van der Waals surface area (Å²) >= 11 is 11.8. The maximum atomic E-state index is 12.2. The number of carbonyl (C=O) groups is 2. The first-order valence-corrected chi connectivity index (χ1v) is 9.51. The van der Waals surface area contributed by atoms with Crippen LogP contribution in [-0.4, -0.2) is 18.4 Å². The fraction of sp³-hybridized carbons (Fsp3) is 0.474. The molecule has 0 radical (unpaired) electrons. The van der Waals surface area contributed by atoms with Crippen LogP contribution in [-0.2, 0) is 9.59 Å². The molecule has 0 aromatic heterocycles. The van der Waals surface area contributed by atoms with E-state index in [1.54, 1.807) is 18.2 Å². The number of anilines is 1. The second-order valence-electron chi connectivity index (χ2n) is 6.72. The third-order valence-corrected chi connectivity index (χ3v) is 5.52. The molecule has 0 aliphatic heterocycles. The fourth-order valence-corrected chi connectivity index (χ4v) is 3.49. The van der Waals surface area contributed by atoms with E-state index in [4.69, 9.17) is 23.2 Å². The highest BCUT2D eigenvalue weighted by Crippen LogP contribution is 2.39. The first-order chi connectivity index (χ1) is 12.0. The highest BCUT2D eigenvalue weighted by Gasteiger charge is 2.47. The summed E-state index contributed by atoms with van der Waals surface area (Å²) in [7, 11) is 0. The Balaban J connectivity index is 1.41. The van der Waals surface area contributed by atoms with Crippen molar-refractivity contribution in [2.45, 2.75) is 38.5 Å². The molecule has 1 saturated carbocycles. The third-order valence-electron chi connectivity index (χ3n) is 4.78. The quantitative estimate of drug-likeness (QED) is 0.709. The maximum absolute atomic E-state index is 12.2. The van der Waals surface area contributed by atoms with Crippen LogP contribution >= 0.6 is 23.2 Å². The number of halogens is 2. The van der Waals surface area contributed by atoms with E-state index in [1.807, 2.05) is 0 Å². The van der Waals surface area contributed by atoms with Crippen molar-refractivity contribution >= 4 is 40.7 Å². The molecule has 0 spiro atoms. The van der Waals surface area contributed by atoms with E-state index in [-0.39, 0.29) is 23.7 Å². The average Bonchev–Trinajstić information content (AvgIpc) is 3.40. The molecule has 0 heterocycles. The van der Waals surface area contributed by atoms with Gasteiger partial charge in [-0.2, -0.15) is 0 Å². The first kappa shape index (κ1) is 18.3. The smallest absolute Gasteiger partial charge is 0.228 e. The van der Waals surface area contributed by atoms with E-state index in [0.717, 1.165) is 19.3 Å². The summed E-state index contributed by atoms with van der Waals surface area (Å²) in [6.07, 6.45) is 8.63. The van der Waals surface area contributed by atoms with Crippen LogP contribution in [0.15, 0.2) is 29.8 Å². The average molecular weight is 381 g/mol. The van der Waals surface area contributed by atoms with Crippen molar-refractivity contribution in [2.75, 3.05) is 11.9 Å². The minimum atomic E-state index is -0.261. The van der Waals surface area contributed by atoms with Crippen molar-refractivity contribution in [1.82, 2.24) is 5.32 Å². The van der Waals surface area contributed by atoms with Gasteiger partial charge in [0.2, 0.25) is 11.8 Å². The lowest BCUT2D eigenvalue weighted by Crippen LogP contribution is -2.28. The van der Waals surface area contributed by atoms with Crippen LogP contribution in [0.25, 0.3) is 0 Å². The lowest BCUT2D eigenvalue weighted by molar-refractivity contribution is -0.125. The van der Waals surface area contributed by atoms with Gasteiger partial charge < -0.3 is 10.6 Å². The minimum absolute atomic E-state index is 0.0225. The summed E-state index contributed by atoms with van der Waals surface area (Å²) in [4.78, 5) is 24.4. The van der Waals surface area contributed by atoms with E-state index < -0.39 is 0 Å². The van der Waals surface area contributed by atoms with Crippen LogP contribution in [0.5, 0.6) is 0 Å². The Morgan fingerprint density at radius 2 is 1.88 bits per heavy atom. The molecular formula is C19H22Cl2N2O2. The van der Waals surface area contributed by atoms with Crippen LogP contribution < -0.4 is 10.6 Å². The zero-order chi connectivity index (χ0) is 17.8. The predicted octanol–water partition coefficient (Wildman–Crippen LogP) is 4.57. The van der Waals surface area contributed by atoms with Gasteiger partial charge in [0.25, 0.3) is 0 Å². The third kappa shape index (κ3) is 4.99. The molecule has 1 fully saturated rings. The number of hydrogen-bond donors (Lipinski definition) is 2. The minimum Gasteiger partial charge on any atom is -0.356 e. The molecule has 25 heavy (non-hydrogen) atoms. The topological polar surface area (TPSA) is 58.2 Å². The predicted molar refractivity (Wildman–Crippen MR) is 101 cm³/mol. The Hall–Kier alpha value is -1.52. The van der Waals surface area contributed by atoms with E-state index in [1.165, 1.54) is 18.4 Å². The zero-order valence-electron chi connectivity index (χ0n) is 14.0. The maximum Gasteiger partial charge on any atom is 0.228 e. The van der Waals surface area contributed by atoms with Gasteiger partial charge in [-0.15, -0.1) is 0 Å². The summed E-state index contributed by atoms with van der Waals surface area (Å²) in [5, 5.41) is 6.58. The largest absolute Gasteiger partial charge is 0.356 e. The van der Waals surface area contributed by atoms with Crippen LogP contribution in [0.2, 0.25) is 10.0 Å². The standard InChI is InChI=1S/C19H22Cl2N2O2/c20-16-7-6-13(10-17(16)21)23-19(25)15-11-14(15)18(24)22-9-8-12-4-2-1-3-5-12/h4,6-7,10,14-15H,1-3,5,8-9,11H2,(H,22,24)(H,23,25). The summed E-state index contributed by atoms with van der Waals surface area (Å²) in [5.41, 5.74) is 2.03. The normalized spacial score (nSPS) is 22.1. The number of amides is 2. The molecule has 4 nitrogen and oxygen atoms in total. The molecule has 0 saturated heterocycles. The highest BCUT2D eigenvalue weighted by molar-refractivity contribution is 6.42. The van der Waals surface area contributed by atoms with Gasteiger partial charge in [-0.05, 0) is 56.7 Å². The summed E-state index contributed by atoms with van der Waals surface area (Å²) in [6, 6.07) is 4.94. The number of allylic oxidation sites excluding steroid dienone is 1. The number of benzene rings is 1. The van der Waals surface area contributed by atoms with Gasteiger partial charge in [0.1, 0.15) is 0 Å². The molecule has 6 heteroatoms. The Morgan fingerprint density at radius 1 is 1.08 bits per heavy atom. The molecule has 2 N–H and O–H groups in total. The van der Waals surface area contributed by atoms with Crippen LogP contribution in [0.4, 0.5) is 5.69 Å². The number of nitrogens with one attached hydrogen (secondary N) is 2. The van der Waals surface area contributed by atoms with Crippen LogP contribution in [0.3, 0.4) is 0 Å². The van der Waals surface area contributed by atoms with Gasteiger partial charge in [-0.25, -0.2) is 0 Å². The zero-order valence-corrected chi connectivity index (χ0v) is 15.5. The van der Waals surface area contributed by atoms with Crippen molar-refractivity contribution in [3.05, 3.63) is 39.9 Å². The molecule has 1 aromatic rings.